The zero-order valence-electron chi connectivity index (χ0n) is 17.8. The van der Waals surface area contributed by atoms with Crippen molar-refractivity contribution in [1.29, 1.82) is 0 Å². The van der Waals surface area contributed by atoms with Gasteiger partial charge < -0.3 is 15.5 Å². The summed E-state index contributed by atoms with van der Waals surface area (Å²) < 4.78 is 0. The normalized spacial score (nSPS) is 15.8. The summed E-state index contributed by atoms with van der Waals surface area (Å²) >= 11 is 5.92. The molecule has 3 aromatic carbocycles. The lowest BCUT2D eigenvalue weighted by atomic mass is 9.89. The molecule has 0 radical (unpaired) electrons. The Morgan fingerprint density at radius 2 is 1.75 bits per heavy atom. The maximum absolute atomic E-state index is 12.7. The number of carbonyl (C=O) groups excluding carboxylic acids is 2. The summed E-state index contributed by atoms with van der Waals surface area (Å²) in [6, 6.07) is 24.6. The van der Waals surface area contributed by atoms with Crippen molar-refractivity contribution in [2.75, 3.05) is 18.4 Å². The van der Waals surface area contributed by atoms with Crippen LogP contribution in [-0.2, 0) is 6.54 Å². The van der Waals surface area contributed by atoms with Gasteiger partial charge in [0.25, 0.3) is 5.91 Å². The van der Waals surface area contributed by atoms with E-state index in [4.69, 9.17) is 11.6 Å². The predicted octanol–water partition coefficient (Wildman–Crippen LogP) is 5.68. The molecule has 0 unspecified atom stereocenters. The van der Waals surface area contributed by atoms with Gasteiger partial charge in [-0.25, -0.2) is 4.79 Å². The number of amides is 3. The largest absolute Gasteiger partial charge is 0.348 e. The van der Waals surface area contributed by atoms with Crippen LogP contribution in [0.3, 0.4) is 0 Å². The van der Waals surface area contributed by atoms with Gasteiger partial charge in [-0.05, 0) is 60.4 Å². The number of nitrogens with one attached hydrogen (secondary N) is 2. The molecule has 0 aliphatic carbocycles. The van der Waals surface area contributed by atoms with Crippen LogP contribution < -0.4 is 10.6 Å². The molecule has 1 atom stereocenters. The summed E-state index contributed by atoms with van der Waals surface area (Å²) in [6.45, 7) is 1.83. The number of hydrogen-bond acceptors (Lipinski definition) is 2. The van der Waals surface area contributed by atoms with Gasteiger partial charge in [-0.3, -0.25) is 4.79 Å². The molecule has 5 nitrogen and oxygen atoms in total. The first-order valence-corrected chi connectivity index (χ1v) is 11.2. The molecular formula is C26H26ClN3O2. The standard InChI is InChI=1S/C26H26ClN3O2/c27-23-11-13-24(14-12-23)29-26(32)30-15-5-10-22(18-30)20-8-4-9-21(16-20)25(31)28-17-19-6-2-1-3-7-19/h1-4,6-9,11-14,16,22H,5,10,15,17-18H2,(H,28,31)(H,29,32)/t22-/m0/s1. The van der Waals surface area contributed by atoms with Crippen LogP contribution in [0.4, 0.5) is 10.5 Å². The van der Waals surface area contributed by atoms with E-state index < -0.39 is 0 Å². The second-order valence-corrected chi connectivity index (χ2v) is 8.45. The fourth-order valence-electron chi connectivity index (χ4n) is 3.98. The van der Waals surface area contributed by atoms with Crippen molar-refractivity contribution in [3.05, 3.63) is 101 Å². The Hall–Kier alpha value is -3.31. The highest BCUT2D eigenvalue weighted by molar-refractivity contribution is 6.30. The van der Waals surface area contributed by atoms with E-state index in [9.17, 15) is 9.59 Å². The van der Waals surface area contributed by atoms with Crippen molar-refractivity contribution in [3.8, 4) is 0 Å². The first-order chi connectivity index (χ1) is 15.6. The van der Waals surface area contributed by atoms with Crippen LogP contribution in [0.25, 0.3) is 0 Å². The number of nitrogens with zero attached hydrogens (tertiary/aromatic N) is 1. The molecule has 32 heavy (non-hydrogen) atoms. The highest BCUT2D eigenvalue weighted by Gasteiger charge is 2.25. The van der Waals surface area contributed by atoms with Gasteiger partial charge in [-0.15, -0.1) is 0 Å². The highest BCUT2D eigenvalue weighted by Crippen LogP contribution is 2.28. The second-order valence-electron chi connectivity index (χ2n) is 8.02. The van der Waals surface area contributed by atoms with Gasteiger partial charge in [0, 0.05) is 41.8 Å². The Balaban J connectivity index is 1.38. The Kier molecular flexibility index (Phi) is 7.07. The third-order valence-electron chi connectivity index (χ3n) is 5.72. The molecule has 164 valence electrons. The minimum Gasteiger partial charge on any atom is -0.348 e. The molecule has 1 aliphatic heterocycles. The van der Waals surface area contributed by atoms with Crippen molar-refractivity contribution in [3.63, 3.8) is 0 Å². The van der Waals surface area contributed by atoms with Crippen LogP contribution in [0.15, 0.2) is 78.9 Å². The van der Waals surface area contributed by atoms with Gasteiger partial charge >= 0.3 is 6.03 Å². The smallest absolute Gasteiger partial charge is 0.321 e. The lowest BCUT2D eigenvalue weighted by Crippen LogP contribution is -2.41. The minimum atomic E-state index is -0.117. The number of piperidine rings is 1. The van der Waals surface area contributed by atoms with Gasteiger partial charge in [0.1, 0.15) is 0 Å². The quantitative estimate of drug-likeness (QED) is 0.528. The van der Waals surface area contributed by atoms with Gasteiger partial charge in [0.05, 0.1) is 0 Å². The third kappa shape index (κ3) is 5.68. The monoisotopic (exact) mass is 447 g/mol. The van der Waals surface area contributed by atoms with Crippen LogP contribution in [0, 0.1) is 0 Å². The Morgan fingerprint density at radius 3 is 2.53 bits per heavy atom. The van der Waals surface area contributed by atoms with E-state index in [-0.39, 0.29) is 17.9 Å². The number of rotatable bonds is 5. The summed E-state index contributed by atoms with van der Waals surface area (Å²) in [7, 11) is 0. The number of anilines is 1. The number of likely N-dealkylation sites (tertiary alicyclic amines) is 1. The predicted molar refractivity (Wildman–Crippen MR) is 128 cm³/mol. The molecule has 1 aliphatic rings. The highest BCUT2D eigenvalue weighted by atomic mass is 35.5. The average molecular weight is 448 g/mol. The lowest BCUT2D eigenvalue weighted by molar-refractivity contribution is 0.0950. The number of hydrogen-bond donors (Lipinski definition) is 2. The van der Waals surface area contributed by atoms with Crippen molar-refractivity contribution < 1.29 is 9.59 Å². The van der Waals surface area contributed by atoms with E-state index >= 15 is 0 Å². The molecule has 4 rings (SSSR count). The van der Waals surface area contributed by atoms with Crippen LogP contribution >= 0.6 is 11.6 Å². The molecule has 1 fully saturated rings. The van der Waals surface area contributed by atoms with E-state index in [0.717, 1.165) is 29.7 Å². The first-order valence-electron chi connectivity index (χ1n) is 10.8. The Morgan fingerprint density at radius 1 is 0.969 bits per heavy atom. The summed E-state index contributed by atoms with van der Waals surface area (Å²) in [5.41, 5.74) is 3.51. The molecule has 6 heteroatoms. The van der Waals surface area contributed by atoms with E-state index in [0.29, 0.717) is 30.2 Å². The average Bonchev–Trinajstić information content (AvgIpc) is 2.85. The topological polar surface area (TPSA) is 61.4 Å². The Bertz CT molecular complexity index is 1070. The first kappa shape index (κ1) is 21.9. The molecule has 0 saturated carbocycles. The van der Waals surface area contributed by atoms with Gasteiger partial charge in [-0.1, -0.05) is 54.1 Å². The summed E-state index contributed by atoms with van der Waals surface area (Å²) in [5.74, 6) is 0.102. The summed E-state index contributed by atoms with van der Waals surface area (Å²) in [5, 5.41) is 6.55. The summed E-state index contributed by atoms with van der Waals surface area (Å²) in [4.78, 5) is 27.2. The maximum Gasteiger partial charge on any atom is 0.321 e. The molecule has 0 spiro atoms. The number of urea groups is 1. The number of carbonyl (C=O) groups is 2. The van der Waals surface area contributed by atoms with Gasteiger partial charge in [-0.2, -0.15) is 0 Å². The lowest BCUT2D eigenvalue weighted by Gasteiger charge is -2.33. The zero-order valence-corrected chi connectivity index (χ0v) is 18.5. The van der Waals surface area contributed by atoms with Crippen LogP contribution in [-0.4, -0.2) is 29.9 Å². The van der Waals surface area contributed by atoms with Crippen LogP contribution in [0.2, 0.25) is 5.02 Å². The molecule has 3 amide bonds. The van der Waals surface area contributed by atoms with E-state index in [1.165, 1.54) is 0 Å². The Labute approximate surface area is 193 Å². The number of halogens is 1. The fraction of sp³-hybridized carbons (Fsp3) is 0.231. The van der Waals surface area contributed by atoms with E-state index in [1.54, 1.807) is 24.3 Å². The molecule has 0 aromatic heterocycles. The maximum atomic E-state index is 12.7. The van der Waals surface area contributed by atoms with Gasteiger partial charge in [0.2, 0.25) is 0 Å². The van der Waals surface area contributed by atoms with Crippen molar-refractivity contribution >= 4 is 29.2 Å². The van der Waals surface area contributed by atoms with Crippen molar-refractivity contribution in [2.24, 2.45) is 0 Å². The molecule has 0 bridgehead atoms. The third-order valence-corrected chi connectivity index (χ3v) is 5.97. The van der Waals surface area contributed by atoms with E-state index in [2.05, 4.69) is 10.6 Å². The van der Waals surface area contributed by atoms with Gasteiger partial charge in [0.15, 0.2) is 0 Å². The molecule has 2 N–H and O–H groups in total. The fourth-order valence-corrected chi connectivity index (χ4v) is 4.11. The van der Waals surface area contributed by atoms with Crippen LogP contribution in [0.1, 0.15) is 40.2 Å². The molecule has 1 saturated heterocycles. The molecular weight excluding hydrogens is 422 g/mol. The van der Waals surface area contributed by atoms with Crippen molar-refractivity contribution in [1.82, 2.24) is 10.2 Å². The minimum absolute atomic E-state index is 0.0937. The molecule has 3 aromatic rings. The SMILES string of the molecule is O=C(NCc1ccccc1)c1cccc([C@H]2CCCN(C(=O)Nc3ccc(Cl)cc3)C2)c1. The van der Waals surface area contributed by atoms with Crippen LogP contribution in [0.5, 0.6) is 0 Å². The number of benzene rings is 3. The second kappa shape index (κ2) is 10.3. The summed E-state index contributed by atoms with van der Waals surface area (Å²) in [6.07, 6.45) is 1.91. The van der Waals surface area contributed by atoms with Crippen molar-refractivity contribution in [2.45, 2.75) is 25.3 Å². The molecule has 1 heterocycles. The van der Waals surface area contributed by atoms with E-state index in [1.807, 2.05) is 59.5 Å². The zero-order chi connectivity index (χ0) is 22.3.